The summed E-state index contributed by atoms with van der Waals surface area (Å²) in [6.07, 6.45) is 2.62. The van der Waals surface area contributed by atoms with Crippen molar-refractivity contribution in [2.75, 3.05) is 13.2 Å². The van der Waals surface area contributed by atoms with Crippen LogP contribution in [0, 0.1) is 0 Å². The highest BCUT2D eigenvalue weighted by atomic mass is 32.2. The fourth-order valence-corrected chi connectivity index (χ4v) is 4.29. The lowest BCUT2D eigenvalue weighted by molar-refractivity contribution is -0.123. The Morgan fingerprint density at radius 2 is 2.07 bits per heavy atom. The number of thiophene rings is 1. The van der Waals surface area contributed by atoms with E-state index in [0.29, 0.717) is 34.5 Å². The molecule has 1 saturated heterocycles. The molecule has 2 aromatic rings. The Morgan fingerprint density at radius 3 is 2.76 bits per heavy atom. The average molecular weight is 449 g/mol. The first-order valence-corrected chi connectivity index (χ1v) is 11.2. The van der Waals surface area contributed by atoms with Crippen molar-refractivity contribution in [3.63, 3.8) is 0 Å². The van der Waals surface area contributed by atoms with Gasteiger partial charge in [0, 0.05) is 0 Å². The number of benzene rings is 1. The van der Waals surface area contributed by atoms with Gasteiger partial charge in [-0.3, -0.25) is 15.0 Å². The van der Waals surface area contributed by atoms with Gasteiger partial charge in [-0.15, -0.1) is 11.3 Å². The molecule has 6 nitrogen and oxygen atoms in total. The highest BCUT2D eigenvalue weighted by molar-refractivity contribution is 8.26. The number of carbonyl (C=O) groups is 2. The van der Waals surface area contributed by atoms with Gasteiger partial charge in [0.05, 0.1) is 23.0 Å². The van der Waals surface area contributed by atoms with Crippen LogP contribution in [0.1, 0.15) is 35.5 Å². The Labute approximate surface area is 182 Å². The third kappa shape index (κ3) is 5.17. The van der Waals surface area contributed by atoms with Crippen LogP contribution in [-0.4, -0.2) is 34.4 Å². The SMILES string of the molecule is CCCOc1ccc(/C=C2\SC(=S)N(NC(=O)c3cccs3)C2=O)cc1OCC. The normalized spacial score (nSPS) is 15.1. The number of thiocarbonyl (C=S) groups is 1. The van der Waals surface area contributed by atoms with Gasteiger partial charge >= 0.3 is 0 Å². The van der Waals surface area contributed by atoms with Gasteiger partial charge in [0.2, 0.25) is 0 Å². The smallest absolute Gasteiger partial charge is 0.285 e. The second kappa shape index (κ2) is 9.91. The van der Waals surface area contributed by atoms with E-state index in [-0.39, 0.29) is 16.1 Å². The van der Waals surface area contributed by atoms with E-state index in [1.54, 1.807) is 23.6 Å². The molecule has 3 rings (SSSR count). The number of amides is 2. The number of rotatable bonds is 8. The van der Waals surface area contributed by atoms with Gasteiger partial charge in [0.25, 0.3) is 11.8 Å². The Balaban J connectivity index is 1.78. The fraction of sp³-hybridized carbons (Fsp3) is 0.250. The van der Waals surface area contributed by atoms with E-state index in [2.05, 4.69) is 5.43 Å². The third-order valence-corrected chi connectivity index (χ3v) is 5.95. The van der Waals surface area contributed by atoms with E-state index >= 15 is 0 Å². The van der Waals surface area contributed by atoms with Crippen molar-refractivity contribution in [1.29, 1.82) is 0 Å². The maximum Gasteiger partial charge on any atom is 0.285 e. The summed E-state index contributed by atoms with van der Waals surface area (Å²) in [5, 5.41) is 2.90. The van der Waals surface area contributed by atoms with Gasteiger partial charge in [-0.2, -0.15) is 5.01 Å². The van der Waals surface area contributed by atoms with Crippen molar-refractivity contribution < 1.29 is 19.1 Å². The maximum atomic E-state index is 12.7. The molecule has 1 aromatic carbocycles. The first-order chi connectivity index (χ1) is 14.0. The summed E-state index contributed by atoms with van der Waals surface area (Å²) in [6.45, 7) is 5.04. The second-order valence-electron chi connectivity index (χ2n) is 5.92. The summed E-state index contributed by atoms with van der Waals surface area (Å²) in [5.41, 5.74) is 3.35. The summed E-state index contributed by atoms with van der Waals surface area (Å²) in [6, 6.07) is 8.96. The number of nitrogens with one attached hydrogen (secondary N) is 1. The van der Waals surface area contributed by atoms with Crippen LogP contribution in [0.5, 0.6) is 11.5 Å². The van der Waals surface area contributed by atoms with E-state index in [0.717, 1.165) is 28.8 Å². The van der Waals surface area contributed by atoms with Crippen LogP contribution >= 0.6 is 35.3 Å². The highest BCUT2D eigenvalue weighted by Crippen LogP contribution is 2.34. The van der Waals surface area contributed by atoms with E-state index in [1.807, 2.05) is 32.0 Å². The zero-order valence-electron chi connectivity index (χ0n) is 16.0. The number of carbonyl (C=O) groups excluding carboxylic acids is 2. The van der Waals surface area contributed by atoms with Gasteiger partial charge in [0.1, 0.15) is 0 Å². The lowest BCUT2D eigenvalue weighted by atomic mass is 10.2. The number of hydrazine groups is 1. The second-order valence-corrected chi connectivity index (χ2v) is 8.55. The first-order valence-electron chi connectivity index (χ1n) is 9.05. The minimum absolute atomic E-state index is 0.277. The average Bonchev–Trinajstić information content (AvgIpc) is 3.33. The summed E-state index contributed by atoms with van der Waals surface area (Å²) >= 11 is 7.70. The van der Waals surface area contributed by atoms with Gasteiger partial charge in [-0.05, 0) is 60.8 Å². The summed E-state index contributed by atoms with van der Waals surface area (Å²) in [5.74, 6) is 0.556. The summed E-state index contributed by atoms with van der Waals surface area (Å²) in [4.78, 5) is 25.9. The zero-order valence-corrected chi connectivity index (χ0v) is 18.4. The molecule has 2 amide bonds. The monoisotopic (exact) mass is 448 g/mol. The summed E-state index contributed by atoms with van der Waals surface area (Å²) < 4.78 is 11.6. The molecule has 2 heterocycles. The van der Waals surface area contributed by atoms with E-state index < -0.39 is 0 Å². The van der Waals surface area contributed by atoms with E-state index in [4.69, 9.17) is 21.7 Å². The number of thioether (sulfide) groups is 1. The molecule has 1 aromatic heterocycles. The van der Waals surface area contributed by atoms with Crippen LogP contribution < -0.4 is 14.9 Å². The van der Waals surface area contributed by atoms with Crippen LogP contribution in [0.2, 0.25) is 0 Å². The van der Waals surface area contributed by atoms with Crippen molar-refractivity contribution >= 4 is 57.5 Å². The molecule has 1 aliphatic heterocycles. The minimum Gasteiger partial charge on any atom is -0.490 e. The predicted octanol–water partition coefficient (Wildman–Crippen LogP) is 4.48. The van der Waals surface area contributed by atoms with Crippen molar-refractivity contribution in [3.05, 3.63) is 51.1 Å². The Hall–Kier alpha value is -2.36. The van der Waals surface area contributed by atoms with Crippen molar-refractivity contribution in [3.8, 4) is 11.5 Å². The largest absolute Gasteiger partial charge is 0.490 e. The predicted molar refractivity (Wildman–Crippen MR) is 120 cm³/mol. The molecule has 0 unspecified atom stereocenters. The number of hydrogen-bond acceptors (Lipinski definition) is 7. The van der Waals surface area contributed by atoms with E-state index in [9.17, 15) is 9.59 Å². The van der Waals surface area contributed by atoms with Crippen LogP contribution in [0.3, 0.4) is 0 Å². The van der Waals surface area contributed by atoms with Gasteiger partial charge in [-0.25, -0.2) is 0 Å². The number of hydrogen-bond donors (Lipinski definition) is 1. The molecule has 0 spiro atoms. The molecule has 1 fully saturated rings. The number of ether oxygens (including phenoxy) is 2. The molecule has 9 heteroatoms. The van der Waals surface area contributed by atoms with Crippen LogP contribution in [0.25, 0.3) is 6.08 Å². The zero-order chi connectivity index (χ0) is 20.8. The molecule has 1 N–H and O–H groups in total. The molecule has 152 valence electrons. The van der Waals surface area contributed by atoms with Gasteiger partial charge in [-0.1, -0.05) is 30.8 Å². The topological polar surface area (TPSA) is 67.9 Å². The van der Waals surface area contributed by atoms with Crippen molar-refractivity contribution in [2.45, 2.75) is 20.3 Å². The van der Waals surface area contributed by atoms with Crippen molar-refractivity contribution in [2.24, 2.45) is 0 Å². The van der Waals surface area contributed by atoms with Gasteiger partial charge in [0.15, 0.2) is 15.8 Å². The molecule has 0 saturated carbocycles. The molecule has 0 atom stereocenters. The highest BCUT2D eigenvalue weighted by Gasteiger charge is 2.34. The number of nitrogens with zero attached hydrogens (tertiary/aromatic N) is 1. The van der Waals surface area contributed by atoms with Crippen LogP contribution in [0.15, 0.2) is 40.6 Å². The van der Waals surface area contributed by atoms with Crippen LogP contribution in [0.4, 0.5) is 0 Å². The molecule has 1 aliphatic rings. The molecular formula is C20H20N2O4S3. The maximum absolute atomic E-state index is 12.7. The molecule has 0 radical (unpaired) electrons. The molecule has 0 bridgehead atoms. The lowest BCUT2D eigenvalue weighted by Crippen LogP contribution is -2.44. The van der Waals surface area contributed by atoms with Crippen molar-refractivity contribution in [1.82, 2.24) is 10.4 Å². The van der Waals surface area contributed by atoms with E-state index in [1.165, 1.54) is 11.3 Å². The quantitative estimate of drug-likeness (QED) is 0.474. The fourth-order valence-electron chi connectivity index (χ4n) is 2.49. The Kier molecular flexibility index (Phi) is 7.29. The third-order valence-electron chi connectivity index (χ3n) is 3.78. The minimum atomic E-state index is -0.367. The molecular weight excluding hydrogens is 428 g/mol. The molecule has 0 aliphatic carbocycles. The standard InChI is InChI=1S/C20H20N2O4S3/c1-3-9-26-14-8-7-13(11-15(14)25-4-2)12-17-19(24)22(20(27)29-17)21-18(23)16-6-5-10-28-16/h5-8,10-12H,3-4,9H2,1-2H3,(H,21,23)/b17-12-. The lowest BCUT2D eigenvalue weighted by Gasteiger charge is -2.14. The first kappa shape index (κ1) is 21.4. The summed E-state index contributed by atoms with van der Waals surface area (Å²) in [7, 11) is 0. The Bertz CT molecular complexity index is 941. The van der Waals surface area contributed by atoms with Crippen LogP contribution in [-0.2, 0) is 4.79 Å². The Morgan fingerprint density at radius 1 is 1.24 bits per heavy atom. The van der Waals surface area contributed by atoms with Gasteiger partial charge < -0.3 is 9.47 Å². The molecule has 29 heavy (non-hydrogen) atoms.